The molecular formula is C44H33NO. The first-order valence-electron chi connectivity index (χ1n) is 15.8. The maximum absolute atomic E-state index is 6.06. The Labute approximate surface area is 269 Å². The summed E-state index contributed by atoms with van der Waals surface area (Å²) in [6.07, 6.45) is 0. The molecular weight excluding hydrogens is 558 g/mol. The minimum Gasteiger partial charge on any atom is -0.456 e. The third-order valence-electron chi connectivity index (χ3n) is 8.94. The molecule has 0 saturated heterocycles. The van der Waals surface area contributed by atoms with Crippen molar-refractivity contribution in [3.63, 3.8) is 0 Å². The van der Waals surface area contributed by atoms with E-state index in [2.05, 4.69) is 170 Å². The number of hydrogen-bond donors (Lipinski definition) is 0. The van der Waals surface area contributed by atoms with E-state index >= 15 is 0 Å². The third kappa shape index (κ3) is 5.04. The molecule has 0 unspecified atom stereocenters. The molecule has 0 radical (unpaired) electrons. The molecule has 46 heavy (non-hydrogen) atoms. The molecule has 7 aromatic carbocycles. The van der Waals surface area contributed by atoms with Gasteiger partial charge in [0, 0.05) is 27.8 Å². The molecule has 0 saturated carbocycles. The van der Waals surface area contributed by atoms with Gasteiger partial charge in [0.15, 0.2) is 0 Å². The normalized spacial score (nSPS) is 11.3. The van der Waals surface area contributed by atoms with Crippen LogP contribution in [0.4, 0.5) is 17.1 Å². The molecule has 0 aliphatic carbocycles. The summed E-state index contributed by atoms with van der Waals surface area (Å²) in [5, 5.41) is 2.29. The lowest BCUT2D eigenvalue weighted by molar-refractivity contribution is 0.669. The van der Waals surface area contributed by atoms with Gasteiger partial charge >= 0.3 is 0 Å². The predicted octanol–water partition coefficient (Wildman–Crippen LogP) is 12.7. The second-order valence-corrected chi connectivity index (χ2v) is 11.9. The first-order valence-corrected chi connectivity index (χ1v) is 15.8. The molecule has 8 rings (SSSR count). The van der Waals surface area contributed by atoms with Crippen molar-refractivity contribution in [1.29, 1.82) is 0 Å². The molecule has 0 amide bonds. The van der Waals surface area contributed by atoms with Crippen molar-refractivity contribution < 1.29 is 4.42 Å². The summed E-state index contributed by atoms with van der Waals surface area (Å²) in [5.41, 5.74) is 15.1. The van der Waals surface area contributed by atoms with E-state index in [9.17, 15) is 0 Å². The molecule has 2 heteroatoms. The summed E-state index contributed by atoms with van der Waals surface area (Å²) in [6.45, 7) is 4.42. The van der Waals surface area contributed by atoms with Crippen LogP contribution in [0.1, 0.15) is 11.1 Å². The Bertz CT molecular complexity index is 2320. The Morgan fingerprint density at radius 1 is 0.370 bits per heavy atom. The van der Waals surface area contributed by atoms with E-state index in [4.69, 9.17) is 4.42 Å². The maximum Gasteiger partial charge on any atom is 0.135 e. The number of furan rings is 1. The number of benzene rings is 7. The van der Waals surface area contributed by atoms with Gasteiger partial charge in [-0.15, -0.1) is 0 Å². The fourth-order valence-electron chi connectivity index (χ4n) is 6.60. The lowest BCUT2D eigenvalue weighted by atomic mass is 9.93. The molecule has 1 heterocycles. The molecule has 0 N–H and O–H groups in total. The smallest absolute Gasteiger partial charge is 0.135 e. The Morgan fingerprint density at radius 3 is 1.63 bits per heavy atom. The molecule has 0 fully saturated rings. The van der Waals surface area contributed by atoms with E-state index in [-0.39, 0.29) is 0 Å². The molecule has 220 valence electrons. The summed E-state index contributed by atoms with van der Waals surface area (Å²) < 4.78 is 6.06. The molecule has 8 aromatic rings. The fraction of sp³-hybridized carbons (Fsp3) is 0.0455. The lowest BCUT2D eigenvalue weighted by Crippen LogP contribution is -2.10. The van der Waals surface area contributed by atoms with Gasteiger partial charge in [-0.2, -0.15) is 0 Å². The van der Waals surface area contributed by atoms with Gasteiger partial charge in [-0.3, -0.25) is 0 Å². The van der Waals surface area contributed by atoms with Crippen molar-refractivity contribution in [2.75, 3.05) is 4.90 Å². The van der Waals surface area contributed by atoms with Gasteiger partial charge in [0.2, 0.25) is 0 Å². The Hall–Kier alpha value is -5.86. The van der Waals surface area contributed by atoms with Crippen LogP contribution in [-0.4, -0.2) is 0 Å². The topological polar surface area (TPSA) is 16.4 Å². The number of para-hydroxylation sites is 2. The van der Waals surface area contributed by atoms with E-state index in [0.717, 1.165) is 39.0 Å². The van der Waals surface area contributed by atoms with Crippen molar-refractivity contribution in [2.45, 2.75) is 13.8 Å². The first kappa shape index (κ1) is 27.7. The minimum absolute atomic E-state index is 0.915. The number of anilines is 3. The van der Waals surface area contributed by atoms with Crippen molar-refractivity contribution in [3.8, 4) is 33.4 Å². The standard InChI is InChI=1S/C44H33NO/c1-30-27-34(32-11-5-3-6-12-32)19-24-39(30)40-25-23-38(28-31(40)2)45(36-13-7-4-8-14-36)37-21-17-33(18-22-37)35-20-26-44-42(29-35)41-15-9-10-16-43(41)46-44/h3-29H,1-2H3. The van der Waals surface area contributed by atoms with Crippen molar-refractivity contribution in [2.24, 2.45) is 0 Å². The van der Waals surface area contributed by atoms with Crippen LogP contribution >= 0.6 is 0 Å². The number of aryl methyl sites for hydroxylation is 2. The van der Waals surface area contributed by atoms with Crippen molar-refractivity contribution in [3.05, 3.63) is 175 Å². The summed E-state index contributed by atoms with van der Waals surface area (Å²) in [6, 6.07) is 58.3. The quantitative estimate of drug-likeness (QED) is 0.191. The lowest BCUT2D eigenvalue weighted by Gasteiger charge is -2.26. The largest absolute Gasteiger partial charge is 0.456 e. The van der Waals surface area contributed by atoms with Gasteiger partial charge in [-0.25, -0.2) is 0 Å². The van der Waals surface area contributed by atoms with Gasteiger partial charge in [-0.05, 0) is 113 Å². The highest BCUT2D eigenvalue weighted by atomic mass is 16.3. The van der Waals surface area contributed by atoms with Crippen LogP contribution in [-0.2, 0) is 0 Å². The van der Waals surface area contributed by atoms with Crippen LogP contribution in [0, 0.1) is 13.8 Å². The second-order valence-electron chi connectivity index (χ2n) is 11.9. The van der Waals surface area contributed by atoms with E-state index < -0.39 is 0 Å². The molecule has 1 aromatic heterocycles. The maximum atomic E-state index is 6.06. The fourth-order valence-corrected chi connectivity index (χ4v) is 6.60. The zero-order valence-corrected chi connectivity index (χ0v) is 25.9. The van der Waals surface area contributed by atoms with Crippen LogP contribution in [0.2, 0.25) is 0 Å². The van der Waals surface area contributed by atoms with Crippen LogP contribution < -0.4 is 4.90 Å². The van der Waals surface area contributed by atoms with E-state index in [1.165, 1.54) is 44.5 Å². The average molecular weight is 592 g/mol. The van der Waals surface area contributed by atoms with E-state index in [1.807, 2.05) is 12.1 Å². The van der Waals surface area contributed by atoms with E-state index in [1.54, 1.807) is 0 Å². The van der Waals surface area contributed by atoms with Crippen molar-refractivity contribution >= 4 is 39.0 Å². The summed E-state index contributed by atoms with van der Waals surface area (Å²) in [4.78, 5) is 2.33. The highest BCUT2D eigenvalue weighted by molar-refractivity contribution is 6.06. The summed E-state index contributed by atoms with van der Waals surface area (Å²) in [7, 11) is 0. The molecule has 0 aliphatic heterocycles. The Balaban J connectivity index is 1.14. The third-order valence-corrected chi connectivity index (χ3v) is 8.94. The second kappa shape index (κ2) is 11.6. The van der Waals surface area contributed by atoms with Gasteiger partial charge in [-0.1, -0.05) is 109 Å². The molecule has 0 spiro atoms. The van der Waals surface area contributed by atoms with Crippen LogP contribution in [0.5, 0.6) is 0 Å². The van der Waals surface area contributed by atoms with Crippen molar-refractivity contribution in [1.82, 2.24) is 0 Å². The zero-order valence-electron chi connectivity index (χ0n) is 25.9. The number of fused-ring (bicyclic) bond motifs is 3. The summed E-state index contributed by atoms with van der Waals surface area (Å²) in [5.74, 6) is 0. The zero-order chi connectivity index (χ0) is 31.0. The molecule has 0 bridgehead atoms. The van der Waals surface area contributed by atoms with Crippen LogP contribution in [0.3, 0.4) is 0 Å². The SMILES string of the molecule is Cc1cc(-c2ccccc2)ccc1-c1ccc(N(c2ccccc2)c2ccc(-c3ccc4oc5ccccc5c4c3)cc2)cc1C. The number of nitrogens with zero attached hydrogens (tertiary/aromatic N) is 1. The molecule has 0 atom stereocenters. The molecule has 2 nitrogen and oxygen atoms in total. The van der Waals surface area contributed by atoms with Crippen LogP contribution in [0.25, 0.3) is 55.3 Å². The van der Waals surface area contributed by atoms with E-state index in [0.29, 0.717) is 0 Å². The van der Waals surface area contributed by atoms with Crippen LogP contribution in [0.15, 0.2) is 168 Å². The predicted molar refractivity (Wildman–Crippen MR) is 194 cm³/mol. The van der Waals surface area contributed by atoms with Gasteiger partial charge in [0.1, 0.15) is 11.2 Å². The van der Waals surface area contributed by atoms with Gasteiger partial charge in [0.05, 0.1) is 0 Å². The minimum atomic E-state index is 0.915. The summed E-state index contributed by atoms with van der Waals surface area (Å²) >= 11 is 0. The molecule has 0 aliphatic rings. The Morgan fingerprint density at radius 2 is 0.891 bits per heavy atom. The highest BCUT2D eigenvalue weighted by Gasteiger charge is 2.16. The first-order chi connectivity index (χ1) is 22.6. The monoisotopic (exact) mass is 591 g/mol. The van der Waals surface area contributed by atoms with Gasteiger partial charge < -0.3 is 9.32 Å². The number of rotatable bonds is 6. The number of hydrogen-bond acceptors (Lipinski definition) is 2. The average Bonchev–Trinajstić information content (AvgIpc) is 3.48. The Kier molecular flexibility index (Phi) is 6.96. The van der Waals surface area contributed by atoms with Gasteiger partial charge in [0.25, 0.3) is 0 Å². The highest BCUT2D eigenvalue weighted by Crippen LogP contribution is 2.39.